The third kappa shape index (κ3) is 16.7. The van der Waals surface area contributed by atoms with Gasteiger partial charge < -0.3 is 68.5 Å². The van der Waals surface area contributed by atoms with Crippen LogP contribution in [0.2, 0.25) is 0 Å². The minimum atomic E-state index is -2.01. The Labute approximate surface area is 374 Å². The maximum absolute atomic E-state index is 12.9. The zero-order valence-electron chi connectivity index (χ0n) is 33.9. The molecule has 3 aromatic rings. The number of hydrogen-bond donors (Lipinski definition) is 15. The van der Waals surface area contributed by atoms with Crippen molar-refractivity contribution in [3.8, 4) is 0 Å². The molecule has 0 bridgehead atoms. The van der Waals surface area contributed by atoms with Crippen LogP contribution in [0.25, 0.3) is 11.2 Å². The Balaban J connectivity index is 1.56. The summed E-state index contributed by atoms with van der Waals surface area (Å²) in [6, 6.07) is -3.44. The molecule has 2 aromatic heterocycles. The lowest BCUT2D eigenvalue weighted by Gasteiger charge is -2.23. The van der Waals surface area contributed by atoms with Gasteiger partial charge in [0.05, 0.1) is 44.2 Å². The van der Waals surface area contributed by atoms with Crippen molar-refractivity contribution in [3.63, 3.8) is 0 Å². The fourth-order valence-electron chi connectivity index (χ4n) is 5.45. The van der Waals surface area contributed by atoms with Gasteiger partial charge in [0.2, 0.25) is 35.5 Å². The van der Waals surface area contributed by atoms with Crippen LogP contribution in [0.3, 0.4) is 0 Å². The fourth-order valence-corrected chi connectivity index (χ4v) is 5.69. The maximum atomic E-state index is 12.9. The number of anilines is 2. The Morgan fingerprint density at radius 1 is 0.667 bits per heavy atom. The molecule has 0 aliphatic carbocycles. The predicted octanol–water partition coefficient (Wildman–Crippen LogP) is -4.64. The van der Waals surface area contributed by atoms with Crippen LogP contribution in [-0.4, -0.2) is 153 Å². The van der Waals surface area contributed by atoms with E-state index < -0.39 is 145 Å². The highest BCUT2D eigenvalue weighted by Gasteiger charge is 2.32. The molecule has 0 radical (unpaired) electrons. The highest BCUT2D eigenvalue weighted by Crippen LogP contribution is 2.13. The first-order valence-corrected chi connectivity index (χ1v) is 19.5. The van der Waals surface area contributed by atoms with E-state index in [4.69, 9.17) is 10.8 Å². The summed E-state index contributed by atoms with van der Waals surface area (Å²) >= 11 is 3.75. The number of amides is 6. The first kappa shape index (κ1) is 51.9. The number of carboxylic acid groups (broad SMARTS) is 5. The van der Waals surface area contributed by atoms with Crippen LogP contribution in [-0.2, 0) is 54.5 Å². The number of H-pyrrole nitrogens is 1. The monoisotopic (exact) mass is 946 g/mol. The Kier molecular flexibility index (Phi) is 19.2. The number of fused-ring (bicyclic) bond motifs is 1. The fraction of sp³-hybridized carbons (Fsp3) is 0.361. The molecular weight excluding hydrogens is 905 g/mol. The van der Waals surface area contributed by atoms with Gasteiger partial charge in [-0.3, -0.25) is 52.9 Å². The van der Waals surface area contributed by atoms with E-state index in [2.05, 4.69) is 48.5 Å². The van der Waals surface area contributed by atoms with Crippen LogP contribution in [0.1, 0.15) is 48.2 Å². The van der Waals surface area contributed by atoms with E-state index in [1.54, 1.807) is 0 Å². The molecular formula is C36H42N12O17S. The number of nitrogens with one attached hydrogen (secondary N) is 8. The van der Waals surface area contributed by atoms with E-state index in [-0.39, 0.29) is 29.2 Å². The number of hydrogen-bond acceptors (Lipinski definition) is 18. The molecule has 1 aromatic carbocycles. The number of nitrogen functional groups attached to an aromatic ring is 1. The molecule has 0 aliphatic rings. The van der Waals surface area contributed by atoms with Crippen LogP contribution in [0.15, 0.2) is 35.3 Å². The Morgan fingerprint density at radius 2 is 1.20 bits per heavy atom. The van der Waals surface area contributed by atoms with Gasteiger partial charge in [0, 0.05) is 23.4 Å². The van der Waals surface area contributed by atoms with Crippen molar-refractivity contribution in [1.82, 2.24) is 51.8 Å². The van der Waals surface area contributed by atoms with Crippen LogP contribution < -0.4 is 48.5 Å². The van der Waals surface area contributed by atoms with E-state index in [1.165, 1.54) is 30.5 Å². The number of aromatic nitrogens is 4. The topological polar surface area (TPSA) is 471 Å². The molecule has 66 heavy (non-hydrogen) atoms. The van der Waals surface area contributed by atoms with Crippen molar-refractivity contribution in [1.29, 1.82) is 0 Å². The zero-order valence-corrected chi connectivity index (χ0v) is 34.8. The molecule has 6 amide bonds. The summed E-state index contributed by atoms with van der Waals surface area (Å²) in [5.41, 5.74) is 5.81. The molecule has 30 heteroatoms. The highest BCUT2D eigenvalue weighted by atomic mass is 32.1. The number of nitrogens with zero attached hydrogens (tertiary/aromatic N) is 3. The SMILES string of the molecule is Nc1nc2ncc(CNc3ccc(C(=O)NC(CCC(=O)N[C@@H](CC(=O)O)C(=O)NCC(=O)N[C@@H](CC(=O)O)C(=O)N[C@@H](CC(=O)O)C(=O)N[C@@H](CS)C(=O)O)C(=O)O)cc3)nc2c(=O)[nH]1. The molecule has 0 spiro atoms. The Hall–Kier alpha value is -8.44. The van der Waals surface area contributed by atoms with Crippen LogP contribution in [0.5, 0.6) is 0 Å². The minimum absolute atomic E-state index is 0.0134. The Morgan fingerprint density at radius 3 is 1.74 bits per heavy atom. The first-order valence-electron chi connectivity index (χ1n) is 18.9. The molecule has 15 N–H and O–H groups in total. The molecule has 0 saturated carbocycles. The van der Waals surface area contributed by atoms with Gasteiger partial charge in [-0.15, -0.1) is 0 Å². The van der Waals surface area contributed by atoms with Crippen molar-refractivity contribution in [2.75, 3.05) is 23.3 Å². The standard InChI is InChI=1S/C36H42N12O17S/c37-36-47-28-27(33(61)48-36)41-16(11-39-28)10-38-15-3-1-14(2-4-15)29(57)44-17(34(62)63)5-6-22(49)42-18(7-24(51)52)30(58)40-12-23(50)43-19(8-25(53)54)31(59)45-20(9-26(55)56)32(60)46-21(13-66)35(64)65/h1-4,11,17-21,38,66H,5-10,12-13H2,(H,40,58)(H,42,49)(H,43,50)(H,44,57)(H,45,59)(H,46,60)(H,51,52)(H,53,54)(H,55,56)(H,62,63)(H,64,65)(H3,37,39,47,48,61)/t17?,18-,19-,20-,21-/m0/s1. The molecule has 0 fully saturated rings. The van der Waals surface area contributed by atoms with Crippen molar-refractivity contribution >= 4 is 101 Å². The zero-order chi connectivity index (χ0) is 49.2. The molecule has 29 nitrogen and oxygen atoms in total. The van der Waals surface area contributed by atoms with E-state index in [0.717, 1.165) is 0 Å². The van der Waals surface area contributed by atoms with Gasteiger partial charge >= 0.3 is 29.8 Å². The number of rotatable bonds is 26. The van der Waals surface area contributed by atoms with Crippen molar-refractivity contribution < 1.29 is 78.3 Å². The molecule has 354 valence electrons. The average molecular weight is 947 g/mol. The van der Waals surface area contributed by atoms with E-state index in [1.807, 2.05) is 21.3 Å². The van der Waals surface area contributed by atoms with Crippen molar-refractivity contribution in [3.05, 3.63) is 52.1 Å². The second-order valence-corrected chi connectivity index (χ2v) is 14.1. The number of nitrogens with two attached hydrogens (primary N) is 1. The number of carbonyl (C=O) groups is 11. The third-order valence-corrected chi connectivity index (χ3v) is 9.03. The highest BCUT2D eigenvalue weighted by molar-refractivity contribution is 7.80. The second-order valence-electron chi connectivity index (χ2n) is 13.7. The van der Waals surface area contributed by atoms with E-state index in [9.17, 15) is 78.0 Å². The molecule has 0 aliphatic heterocycles. The van der Waals surface area contributed by atoms with Gasteiger partial charge in [-0.05, 0) is 30.7 Å². The normalized spacial score (nSPS) is 13.0. The lowest BCUT2D eigenvalue weighted by molar-refractivity contribution is -0.144. The summed E-state index contributed by atoms with van der Waals surface area (Å²) in [6.07, 6.45) is -3.16. The summed E-state index contributed by atoms with van der Waals surface area (Å²) < 4.78 is 0. The summed E-state index contributed by atoms with van der Waals surface area (Å²) in [7, 11) is 0. The lowest BCUT2D eigenvalue weighted by Crippen LogP contribution is -2.57. The van der Waals surface area contributed by atoms with Crippen LogP contribution in [0, 0.1) is 0 Å². The summed E-state index contributed by atoms with van der Waals surface area (Å²) in [4.78, 5) is 161. The molecule has 3 rings (SSSR count). The Bertz CT molecular complexity index is 2430. The van der Waals surface area contributed by atoms with Gasteiger partial charge in [-0.1, -0.05) is 0 Å². The quantitative estimate of drug-likeness (QED) is 0.0337. The van der Waals surface area contributed by atoms with Crippen LogP contribution >= 0.6 is 12.6 Å². The molecule has 0 saturated heterocycles. The van der Waals surface area contributed by atoms with E-state index in [0.29, 0.717) is 11.4 Å². The summed E-state index contributed by atoms with van der Waals surface area (Å²) in [5, 5.41) is 61.8. The number of carbonyl (C=O) groups excluding carboxylic acids is 6. The second kappa shape index (κ2) is 24.4. The number of aromatic amines is 1. The van der Waals surface area contributed by atoms with Crippen molar-refractivity contribution in [2.45, 2.75) is 68.9 Å². The third-order valence-electron chi connectivity index (χ3n) is 8.66. The summed E-state index contributed by atoms with van der Waals surface area (Å²) in [5.74, 6) is -15.8. The van der Waals surface area contributed by atoms with Crippen LogP contribution in [0.4, 0.5) is 11.6 Å². The van der Waals surface area contributed by atoms with Gasteiger partial charge in [0.15, 0.2) is 11.2 Å². The molecule has 1 unspecified atom stereocenters. The number of thiol groups is 1. The summed E-state index contributed by atoms with van der Waals surface area (Å²) in [6.45, 7) is -0.961. The number of aliphatic carboxylic acids is 5. The van der Waals surface area contributed by atoms with Gasteiger partial charge in [0.1, 0.15) is 30.2 Å². The largest absolute Gasteiger partial charge is 0.481 e. The minimum Gasteiger partial charge on any atom is -0.481 e. The van der Waals surface area contributed by atoms with E-state index >= 15 is 0 Å². The van der Waals surface area contributed by atoms with Crippen molar-refractivity contribution in [2.24, 2.45) is 0 Å². The first-order chi connectivity index (χ1) is 31.1. The predicted molar refractivity (Wildman–Crippen MR) is 223 cm³/mol. The average Bonchev–Trinajstić information content (AvgIpc) is 3.23. The number of carboxylic acids is 5. The van der Waals surface area contributed by atoms with Gasteiger partial charge in [-0.2, -0.15) is 17.6 Å². The lowest BCUT2D eigenvalue weighted by atomic mass is 10.1. The molecule has 5 atom stereocenters. The molecule has 2 heterocycles. The maximum Gasteiger partial charge on any atom is 0.327 e. The van der Waals surface area contributed by atoms with Gasteiger partial charge in [0.25, 0.3) is 11.5 Å². The van der Waals surface area contributed by atoms with Gasteiger partial charge in [-0.25, -0.2) is 19.6 Å². The number of benzene rings is 1. The smallest absolute Gasteiger partial charge is 0.327 e.